The van der Waals surface area contributed by atoms with E-state index >= 15 is 0 Å². The molecule has 0 aliphatic carbocycles. The van der Waals surface area contributed by atoms with E-state index in [0.717, 1.165) is 47.0 Å². The Morgan fingerprint density at radius 1 is 1.07 bits per heavy atom. The van der Waals surface area contributed by atoms with Crippen molar-refractivity contribution in [3.05, 3.63) is 71.3 Å². The van der Waals surface area contributed by atoms with Crippen molar-refractivity contribution in [1.82, 2.24) is 4.98 Å². The van der Waals surface area contributed by atoms with Crippen LogP contribution < -0.4 is 10.2 Å². The number of pyridine rings is 1. The summed E-state index contributed by atoms with van der Waals surface area (Å²) < 4.78 is 0. The summed E-state index contributed by atoms with van der Waals surface area (Å²) in [5.41, 5.74) is 5.14. The minimum absolute atomic E-state index is 0.139. The van der Waals surface area contributed by atoms with E-state index in [9.17, 15) is 4.79 Å². The van der Waals surface area contributed by atoms with Gasteiger partial charge in [0.2, 0.25) is 5.91 Å². The van der Waals surface area contributed by atoms with Gasteiger partial charge in [0.25, 0.3) is 0 Å². The highest BCUT2D eigenvalue weighted by molar-refractivity contribution is 6.03. The highest BCUT2D eigenvalue weighted by atomic mass is 16.1. The number of anilines is 2. The molecule has 1 saturated heterocycles. The second-order valence-electron chi connectivity index (χ2n) is 8.43. The van der Waals surface area contributed by atoms with Crippen LogP contribution >= 0.6 is 0 Å². The molecule has 0 bridgehead atoms. The summed E-state index contributed by atoms with van der Waals surface area (Å²) >= 11 is 0. The van der Waals surface area contributed by atoms with Gasteiger partial charge in [0.05, 0.1) is 5.52 Å². The summed E-state index contributed by atoms with van der Waals surface area (Å²) in [7, 11) is 0. The van der Waals surface area contributed by atoms with Crippen LogP contribution in [0.5, 0.6) is 0 Å². The van der Waals surface area contributed by atoms with Gasteiger partial charge in [0, 0.05) is 30.2 Å². The number of carbonyl (C=O) groups is 1. The molecule has 0 atom stereocenters. The van der Waals surface area contributed by atoms with E-state index in [4.69, 9.17) is 4.98 Å². The lowest BCUT2D eigenvalue weighted by atomic mass is 9.99. The number of amides is 1. The van der Waals surface area contributed by atoms with Crippen LogP contribution in [0.4, 0.5) is 11.5 Å². The highest BCUT2D eigenvalue weighted by Gasteiger charge is 2.18. The summed E-state index contributed by atoms with van der Waals surface area (Å²) in [5.74, 6) is 1.72. The molecule has 1 amide bonds. The van der Waals surface area contributed by atoms with Crippen molar-refractivity contribution >= 4 is 34.4 Å². The Labute approximate surface area is 178 Å². The van der Waals surface area contributed by atoms with Crippen molar-refractivity contribution in [3.63, 3.8) is 0 Å². The number of nitrogens with one attached hydrogen (secondary N) is 1. The number of benzene rings is 2. The fourth-order valence-corrected chi connectivity index (χ4v) is 3.89. The van der Waals surface area contributed by atoms with Crippen LogP contribution in [0.1, 0.15) is 36.5 Å². The van der Waals surface area contributed by atoms with Crippen molar-refractivity contribution in [2.75, 3.05) is 23.3 Å². The van der Waals surface area contributed by atoms with Gasteiger partial charge < -0.3 is 10.2 Å². The molecule has 4 nitrogen and oxygen atoms in total. The van der Waals surface area contributed by atoms with E-state index in [1.807, 2.05) is 55.5 Å². The van der Waals surface area contributed by atoms with Crippen LogP contribution in [0.25, 0.3) is 17.0 Å². The molecule has 1 fully saturated rings. The molecule has 3 aromatic rings. The first-order chi connectivity index (χ1) is 14.5. The number of aromatic nitrogens is 1. The lowest BCUT2D eigenvalue weighted by Gasteiger charge is -2.31. The number of piperidine rings is 1. The van der Waals surface area contributed by atoms with Crippen LogP contribution in [0, 0.1) is 19.8 Å². The molecule has 154 valence electrons. The number of rotatable bonds is 4. The van der Waals surface area contributed by atoms with Crippen LogP contribution in [0.15, 0.2) is 54.6 Å². The Hall–Kier alpha value is -3.14. The van der Waals surface area contributed by atoms with E-state index < -0.39 is 0 Å². The smallest absolute Gasteiger partial charge is 0.248 e. The third kappa shape index (κ3) is 4.70. The third-order valence-electron chi connectivity index (χ3n) is 5.88. The van der Waals surface area contributed by atoms with E-state index in [-0.39, 0.29) is 5.91 Å². The molecule has 0 saturated carbocycles. The quantitative estimate of drug-likeness (QED) is 0.569. The summed E-state index contributed by atoms with van der Waals surface area (Å²) in [6, 6.07) is 16.2. The Bertz CT molecular complexity index is 1080. The van der Waals surface area contributed by atoms with Crippen molar-refractivity contribution in [1.29, 1.82) is 0 Å². The number of hydrogen-bond acceptors (Lipinski definition) is 3. The molecule has 0 spiro atoms. The van der Waals surface area contributed by atoms with Crippen molar-refractivity contribution < 1.29 is 4.79 Å². The van der Waals surface area contributed by atoms with E-state index in [2.05, 4.69) is 30.1 Å². The van der Waals surface area contributed by atoms with Crippen LogP contribution in [-0.2, 0) is 4.79 Å². The van der Waals surface area contributed by atoms with Gasteiger partial charge >= 0.3 is 0 Å². The van der Waals surface area contributed by atoms with E-state index in [1.165, 1.54) is 24.0 Å². The topological polar surface area (TPSA) is 45.2 Å². The van der Waals surface area contributed by atoms with Gasteiger partial charge in [0.1, 0.15) is 5.82 Å². The molecule has 2 aromatic carbocycles. The van der Waals surface area contributed by atoms with Gasteiger partial charge in [-0.15, -0.1) is 0 Å². The van der Waals surface area contributed by atoms with Crippen molar-refractivity contribution in [2.45, 2.75) is 33.6 Å². The maximum Gasteiger partial charge on any atom is 0.248 e. The zero-order valence-corrected chi connectivity index (χ0v) is 18.0. The standard InChI is InChI=1S/C26H29N3O/c1-18-4-6-21(7-5-18)8-11-26(30)27-22-9-10-24-23(17-22)20(3)16-25(28-24)29-14-12-19(2)13-15-29/h4-11,16-17,19H,12-15H2,1-3H3,(H,27,30)/b11-8+. The second kappa shape index (κ2) is 8.70. The van der Waals surface area contributed by atoms with E-state index in [1.54, 1.807) is 6.08 Å². The Balaban J connectivity index is 1.49. The molecular weight excluding hydrogens is 370 g/mol. The maximum atomic E-state index is 12.3. The number of carbonyl (C=O) groups excluding carboxylic acids is 1. The number of fused-ring (bicyclic) bond motifs is 1. The predicted octanol–water partition coefficient (Wildman–Crippen LogP) is 5.74. The molecule has 1 aromatic heterocycles. The lowest BCUT2D eigenvalue weighted by Crippen LogP contribution is -2.33. The molecule has 1 N–H and O–H groups in total. The number of aryl methyl sites for hydroxylation is 2. The van der Waals surface area contributed by atoms with Gasteiger partial charge in [-0.1, -0.05) is 36.8 Å². The van der Waals surface area contributed by atoms with Gasteiger partial charge in [-0.2, -0.15) is 0 Å². The Kier molecular flexibility index (Phi) is 5.84. The third-order valence-corrected chi connectivity index (χ3v) is 5.88. The van der Waals surface area contributed by atoms with Gasteiger partial charge in [-0.05, 0) is 74.1 Å². The molecule has 1 aliphatic rings. The molecule has 0 radical (unpaired) electrons. The first-order valence-corrected chi connectivity index (χ1v) is 10.7. The van der Waals surface area contributed by atoms with Crippen LogP contribution in [-0.4, -0.2) is 24.0 Å². The van der Waals surface area contributed by atoms with Crippen molar-refractivity contribution in [2.24, 2.45) is 5.92 Å². The summed E-state index contributed by atoms with van der Waals surface area (Å²) in [5, 5.41) is 4.04. The number of hydrogen-bond donors (Lipinski definition) is 1. The van der Waals surface area contributed by atoms with Crippen LogP contribution in [0.3, 0.4) is 0 Å². The molecule has 30 heavy (non-hydrogen) atoms. The fourth-order valence-electron chi connectivity index (χ4n) is 3.89. The fraction of sp³-hybridized carbons (Fsp3) is 0.308. The molecule has 2 heterocycles. The average Bonchev–Trinajstić information content (AvgIpc) is 2.74. The summed E-state index contributed by atoms with van der Waals surface area (Å²) in [6.07, 6.45) is 5.84. The zero-order valence-electron chi connectivity index (χ0n) is 18.0. The summed E-state index contributed by atoms with van der Waals surface area (Å²) in [4.78, 5) is 19.6. The highest BCUT2D eigenvalue weighted by Crippen LogP contribution is 2.28. The first-order valence-electron chi connectivity index (χ1n) is 10.7. The average molecular weight is 400 g/mol. The van der Waals surface area contributed by atoms with Crippen molar-refractivity contribution in [3.8, 4) is 0 Å². The maximum absolute atomic E-state index is 12.3. The minimum atomic E-state index is -0.139. The molecule has 4 heteroatoms. The minimum Gasteiger partial charge on any atom is -0.357 e. The largest absolute Gasteiger partial charge is 0.357 e. The number of nitrogens with zero attached hydrogens (tertiary/aromatic N) is 2. The zero-order chi connectivity index (χ0) is 21.1. The summed E-state index contributed by atoms with van der Waals surface area (Å²) in [6.45, 7) is 8.62. The Morgan fingerprint density at radius 3 is 2.53 bits per heavy atom. The van der Waals surface area contributed by atoms with E-state index in [0.29, 0.717) is 0 Å². The lowest BCUT2D eigenvalue weighted by molar-refractivity contribution is -0.111. The SMILES string of the molecule is Cc1ccc(/C=C/C(=O)Nc2ccc3nc(N4CCC(C)CC4)cc(C)c3c2)cc1. The monoisotopic (exact) mass is 399 g/mol. The molecule has 4 rings (SSSR count). The molecule has 1 aliphatic heterocycles. The normalized spacial score (nSPS) is 15.1. The van der Waals surface area contributed by atoms with Gasteiger partial charge in [-0.3, -0.25) is 4.79 Å². The van der Waals surface area contributed by atoms with Gasteiger partial charge in [0.15, 0.2) is 0 Å². The van der Waals surface area contributed by atoms with Gasteiger partial charge in [-0.25, -0.2) is 4.98 Å². The predicted molar refractivity (Wildman–Crippen MR) is 126 cm³/mol. The van der Waals surface area contributed by atoms with Crippen LogP contribution in [0.2, 0.25) is 0 Å². The first kappa shape index (κ1) is 20.1. The second-order valence-corrected chi connectivity index (χ2v) is 8.43. The Morgan fingerprint density at radius 2 is 1.80 bits per heavy atom. The molecule has 0 unspecified atom stereocenters. The molecular formula is C26H29N3O.